The zero-order valence-electron chi connectivity index (χ0n) is 17.0. The van der Waals surface area contributed by atoms with Gasteiger partial charge >= 0.3 is 0 Å². The number of nitrogens with one attached hydrogen (secondary N) is 2. The number of carbonyl (C=O) groups is 1. The van der Waals surface area contributed by atoms with E-state index in [2.05, 4.69) is 20.7 Å². The van der Waals surface area contributed by atoms with Crippen LogP contribution in [-0.4, -0.2) is 34.5 Å². The summed E-state index contributed by atoms with van der Waals surface area (Å²) >= 11 is 12.8. The third-order valence-electron chi connectivity index (χ3n) is 4.75. The maximum Gasteiger partial charge on any atom is 0.266 e. The minimum Gasteiger partial charge on any atom is -0.497 e. The van der Waals surface area contributed by atoms with Crippen LogP contribution >= 0.6 is 23.2 Å². The number of para-hydroxylation sites is 1. The van der Waals surface area contributed by atoms with Crippen LogP contribution in [0.2, 0.25) is 10.0 Å². The quantitative estimate of drug-likeness (QED) is 0.220. The van der Waals surface area contributed by atoms with Crippen molar-refractivity contribution in [1.82, 2.24) is 19.8 Å². The number of amides is 1. The maximum absolute atomic E-state index is 12.7. The van der Waals surface area contributed by atoms with Gasteiger partial charge in [-0.2, -0.15) is 0 Å². The standard InChI is InChI=1S/C21H18Cl2N6O3/c1-31-11-9-12(20(30)28-24)16(15(10-11)32-2)18-19(29-8-4-7-25-21(29)27-18)26-17-13(22)5-3-6-14(17)23/h3-10,26H,24H2,1-2H3,(H,28,30). The van der Waals surface area contributed by atoms with Crippen molar-refractivity contribution in [3.05, 3.63) is 64.4 Å². The van der Waals surface area contributed by atoms with E-state index in [1.54, 1.807) is 53.2 Å². The van der Waals surface area contributed by atoms with E-state index in [1.807, 2.05) is 0 Å². The summed E-state index contributed by atoms with van der Waals surface area (Å²) in [5.74, 6) is 6.50. The number of halogens is 2. The normalized spacial score (nSPS) is 10.8. The Balaban J connectivity index is 2.04. The third-order valence-corrected chi connectivity index (χ3v) is 5.38. The summed E-state index contributed by atoms with van der Waals surface area (Å²) in [5, 5.41) is 4.05. The van der Waals surface area contributed by atoms with E-state index in [-0.39, 0.29) is 5.56 Å². The number of aromatic nitrogens is 3. The van der Waals surface area contributed by atoms with Crippen molar-refractivity contribution in [1.29, 1.82) is 0 Å². The molecule has 4 N–H and O–H groups in total. The van der Waals surface area contributed by atoms with Gasteiger partial charge in [0.1, 0.15) is 23.0 Å². The third kappa shape index (κ3) is 3.77. The van der Waals surface area contributed by atoms with E-state index in [0.29, 0.717) is 50.1 Å². The summed E-state index contributed by atoms with van der Waals surface area (Å²) < 4.78 is 12.6. The summed E-state index contributed by atoms with van der Waals surface area (Å²) in [6, 6.07) is 10.1. The summed E-state index contributed by atoms with van der Waals surface area (Å²) in [6.07, 6.45) is 3.38. The van der Waals surface area contributed by atoms with Gasteiger partial charge in [-0.1, -0.05) is 29.3 Å². The fraction of sp³-hybridized carbons (Fsp3) is 0.0952. The number of anilines is 2. The van der Waals surface area contributed by atoms with E-state index in [0.717, 1.165) is 0 Å². The molecule has 2 heterocycles. The number of ether oxygens (including phenoxy) is 2. The Morgan fingerprint density at radius 1 is 1.12 bits per heavy atom. The van der Waals surface area contributed by atoms with Gasteiger partial charge in [-0.15, -0.1) is 0 Å². The number of methoxy groups -OCH3 is 2. The number of nitrogens with two attached hydrogens (primary N) is 1. The molecule has 0 unspecified atom stereocenters. The molecule has 0 atom stereocenters. The first-order valence-corrected chi connectivity index (χ1v) is 10.1. The van der Waals surface area contributed by atoms with Crippen LogP contribution in [0.25, 0.3) is 17.0 Å². The van der Waals surface area contributed by atoms with Crippen molar-refractivity contribution in [3.63, 3.8) is 0 Å². The van der Waals surface area contributed by atoms with Crippen LogP contribution in [0.5, 0.6) is 11.5 Å². The van der Waals surface area contributed by atoms with Crippen LogP contribution in [0.3, 0.4) is 0 Å². The van der Waals surface area contributed by atoms with Gasteiger partial charge in [0.05, 0.1) is 41.1 Å². The molecule has 1 amide bonds. The minimum absolute atomic E-state index is 0.195. The molecule has 4 aromatic rings. The van der Waals surface area contributed by atoms with Crippen LogP contribution in [0.4, 0.5) is 11.5 Å². The molecule has 11 heteroatoms. The molecule has 4 rings (SSSR count). The first-order valence-electron chi connectivity index (χ1n) is 9.30. The lowest BCUT2D eigenvalue weighted by Gasteiger charge is -2.16. The fourth-order valence-electron chi connectivity index (χ4n) is 3.29. The molecule has 0 radical (unpaired) electrons. The largest absolute Gasteiger partial charge is 0.497 e. The highest BCUT2D eigenvalue weighted by Crippen LogP contribution is 2.42. The number of imidazole rings is 1. The number of fused-ring (bicyclic) bond motifs is 1. The van der Waals surface area contributed by atoms with Gasteiger partial charge in [-0.3, -0.25) is 14.6 Å². The van der Waals surface area contributed by atoms with Crippen LogP contribution in [0.1, 0.15) is 10.4 Å². The number of carbonyl (C=O) groups excluding carboxylic acids is 1. The minimum atomic E-state index is -0.552. The predicted molar refractivity (Wildman–Crippen MR) is 123 cm³/mol. The number of rotatable bonds is 6. The van der Waals surface area contributed by atoms with E-state index in [9.17, 15) is 4.79 Å². The van der Waals surface area contributed by atoms with Gasteiger partial charge < -0.3 is 14.8 Å². The van der Waals surface area contributed by atoms with E-state index >= 15 is 0 Å². The zero-order chi connectivity index (χ0) is 22.8. The van der Waals surface area contributed by atoms with Gasteiger partial charge in [0.15, 0.2) is 0 Å². The van der Waals surface area contributed by atoms with Crippen LogP contribution in [-0.2, 0) is 0 Å². The molecule has 0 bridgehead atoms. The van der Waals surface area contributed by atoms with Crippen molar-refractivity contribution in [2.24, 2.45) is 5.84 Å². The second kappa shape index (κ2) is 8.91. The second-order valence-electron chi connectivity index (χ2n) is 6.55. The van der Waals surface area contributed by atoms with Gasteiger partial charge in [0.25, 0.3) is 5.91 Å². The lowest BCUT2D eigenvalue weighted by molar-refractivity contribution is 0.0953. The lowest BCUT2D eigenvalue weighted by atomic mass is 10.0. The maximum atomic E-state index is 12.7. The number of hydrogen-bond acceptors (Lipinski definition) is 7. The topological polar surface area (TPSA) is 116 Å². The molecule has 0 saturated heterocycles. The molecule has 0 aliphatic heterocycles. The number of hydrogen-bond donors (Lipinski definition) is 3. The zero-order valence-corrected chi connectivity index (χ0v) is 18.5. The summed E-state index contributed by atoms with van der Waals surface area (Å²) in [5.41, 5.74) is 3.57. The first kappa shape index (κ1) is 21.7. The highest BCUT2D eigenvalue weighted by atomic mass is 35.5. The molecular weight excluding hydrogens is 455 g/mol. The highest BCUT2D eigenvalue weighted by Gasteiger charge is 2.26. The first-order chi connectivity index (χ1) is 15.5. The molecular formula is C21H18Cl2N6O3. The lowest BCUT2D eigenvalue weighted by Crippen LogP contribution is -2.30. The Labute approximate surface area is 193 Å². The van der Waals surface area contributed by atoms with Crippen molar-refractivity contribution in [3.8, 4) is 22.8 Å². The highest BCUT2D eigenvalue weighted by molar-refractivity contribution is 6.39. The Kier molecular flexibility index (Phi) is 6.04. The smallest absolute Gasteiger partial charge is 0.266 e. The van der Waals surface area contributed by atoms with Crippen LogP contribution < -0.4 is 26.1 Å². The van der Waals surface area contributed by atoms with Gasteiger partial charge in [0.2, 0.25) is 5.78 Å². The Hall–Kier alpha value is -3.53. The molecule has 2 aromatic heterocycles. The molecule has 164 valence electrons. The number of nitrogens with zero attached hydrogens (tertiary/aromatic N) is 3. The average molecular weight is 473 g/mol. The summed E-state index contributed by atoms with van der Waals surface area (Å²) in [6.45, 7) is 0. The van der Waals surface area contributed by atoms with E-state index in [1.165, 1.54) is 14.2 Å². The molecule has 0 aliphatic carbocycles. The van der Waals surface area contributed by atoms with Crippen molar-refractivity contribution in [2.45, 2.75) is 0 Å². The molecule has 9 nitrogen and oxygen atoms in total. The summed E-state index contributed by atoms with van der Waals surface area (Å²) in [4.78, 5) is 21.6. The van der Waals surface area contributed by atoms with E-state index < -0.39 is 5.91 Å². The fourth-order valence-corrected chi connectivity index (χ4v) is 3.78. The van der Waals surface area contributed by atoms with E-state index in [4.69, 9.17) is 38.5 Å². The van der Waals surface area contributed by atoms with Crippen molar-refractivity contribution >= 4 is 46.4 Å². The van der Waals surface area contributed by atoms with Crippen molar-refractivity contribution < 1.29 is 14.3 Å². The molecule has 0 spiro atoms. The van der Waals surface area contributed by atoms with Gasteiger partial charge in [0, 0.05) is 18.5 Å². The monoisotopic (exact) mass is 472 g/mol. The Morgan fingerprint density at radius 2 is 1.88 bits per heavy atom. The molecule has 0 saturated carbocycles. The Morgan fingerprint density at radius 3 is 2.53 bits per heavy atom. The van der Waals surface area contributed by atoms with Crippen LogP contribution in [0, 0.1) is 0 Å². The molecule has 0 aliphatic rings. The molecule has 32 heavy (non-hydrogen) atoms. The predicted octanol–water partition coefficient (Wildman–Crippen LogP) is 4.07. The van der Waals surface area contributed by atoms with Gasteiger partial charge in [-0.25, -0.2) is 15.8 Å². The number of nitrogen functional groups attached to an aromatic ring is 1. The molecule has 0 fully saturated rings. The number of hydrazine groups is 1. The van der Waals surface area contributed by atoms with Crippen molar-refractivity contribution in [2.75, 3.05) is 19.5 Å². The van der Waals surface area contributed by atoms with Crippen LogP contribution in [0.15, 0.2) is 48.8 Å². The average Bonchev–Trinajstić information content (AvgIpc) is 3.17. The molecule has 2 aromatic carbocycles. The SMILES string of the molecule is COc1cc(OC)c(-c2nc3ncccn3c2Nc2c(Cl)cccc2Cl)c(C(=O)NN)c1. The Bertz CT molecular complexity index is 1300. The summed E-state index contributed by atoms with van der Waals surface area (Å²) in [7, 11) is 2.97. The number of benzene rings is 2. The van der Waals surface area contributed by atoms with Gasteiger partial charge in [-0.05, 0) is 24.3 Å². The second-order valence-corrected chi connectivity index (χ2v) is 7.36.